The number of nitrogens with zero attached hydrogens (tertiary/aromatic N) is 2. The third-order valence-electron chi connectivity index (χ3n) is 2.35. The van der Waals surface area contributed by atoms with E-state index < -0.39 is 10.8 Å². The molecule has 4 nitrogen and oxygen atoms in total. The Balaban J connectivity index is 2.48. The normalized spacial score (nSPS) is 13.1. The van der Waals surface area contributed by atoms with E-state index in [4.69, 9.17) is 12.2 Å². The summed E-state index contributed by atoms with van der Waals surface area (Å²) in [7, 11) is -0.815. The number of aryl methyl sites for hydroxylation is 2. The number of rotatable bonds is 3. The van der Waals surface area contributed by atoms with Crippen LogP contribution < -0.4 is 0 Å². The second-order valence-electron chi connectivity index (χ2n) is 3.74. The molecule has 1 N–H and O–H groups in total. The van der Waals surface area contributed by atoms with Crippen LogP contribution in [-0.4, -0.2) is 30.8 Å². The van der Waals surface area contributed by atoms with Crippen molar-refractivity contribution in [3.8, 4) is 0 Å². The molecule has 1 atom stereocenters. The Morgan fingerprint density at radius 3 is 3.06 bits per heavy atom. The molecular weight excluding hydrogens is 242 g/mol. The Morgan fingerprint density at radius 1 is 1.62 bits per heavy atom. The number of H-pyrrole nitrogens is 1. The van der Waals surface area contributed by atoms with Crippen LogP contribution in [0.4, 0.5) is 0 Å². The smallest absolute Gasteiger partial charge is 0.179 e. The Hall–Kier alpha value is -1.01. The molecule has 2 rings (SSSR count). The monoisotopic (exact) mass is 255 g/mol. The zero-order valence-corrected chi connectivity index (χ0v) is 10.8. The first-order valence-electron chi connectivity index (χ1n) is 4.93. The van der Waals surface area contributed by atoms with Crippen molar-refractivity contribution in [3.05, 3.63) is 22.6 Å². The predicted octanol–water partition coefficient (Wildman–Crippen LogP) is 1.78. The Labute approximate surface area is 101 Å². The molecule has 0 radical (unpaired) electrons. The fraction of sp³-hybridized carbons (Fsp3) is 0.400. The molecule has 2 aromatic heterocycles. The Bertz CT molecular complexity index is 600. The molecule has 86 valence electrons. The molecule has 0 bridgehead atoms. The molecule has 0 amide bonds. The second-order valence-corrected chi connectivity index (χ2v) is 5.68. The summed E-state index contributed by atoms with van der Waals surface area (Å²) >= 11 is 5.22. The van der Waals surface area contributed by atoms with Gasteiger partial charge < -0.3 is 9.55 Å². The van der Waals surface area contributed by atoms with Crippen molar-refractivity contribution in [1.82, 2.24) is 14.5 Å². The van der Waals surface area contributed by atoms with E-state index in [1.165, 1.54) is 0 Å². The van der Waals surface area contributed by atoms with Gasteiger partial charge in [0.2, 0.25) is 0 Å². The van der Waals surface area contributed by atoms with Gasteiger partial charge in [0.25, 0.3) is 0 Å². The molecule has 1 unspecified atom stereocenters. The summed E-state index contributed by atoms with van der Waals surface area (Å²) in [5, 5.41) is 0. The molecule has 2 heterocycles. The summed E-state index contributed by atoms with van der Waals surface area (Å²) < 4.78 is 13.6. The molecule has 0 saturated carbocycles. The highest BCUT2D eigenvalue weighted by Gasteiger charge is 2.06. The Kier molecular flexibility index (Phi) is 3.20. The van der Waals surface area contributed by atoms with Crippen molar-refractivity contribution in [2.75, 3.05) is 12.0 Å². The van der Waals surface area contributed by atoms with Gasteiger partial charge in [-0.2, -0.15) is 0 Å². The van der Waals surface area contributed by atoms with Crippen molar-refractivity contribution in [3.63, 3.8) is 0 Å². The zero-order chi connectivity index (χ0) is 11.7. The van der Waals surface area contributed by atoms with Gasteiger partial charge >= 0.3 is 0 Å². The Morgan fingerprint density at radius 2 is 2.38 bits per heavy atom. The minimum atomic E-state index is -0.815. The van der Waals surface area contributed by atoms with Crippen molar-refractivity contribution in [2.45, 2.75) is 13.5 Å². The van der Waals surface area contributed by atoms with E-state index in [-0.39, 0.29) is 0 Å². The van der Waals surface area contributed by atoms with E-state index >= 15 is 0 Å². The van der Waals surface area contributed by atoms with Gasteiger partial charge in [-0.25, -0.2) is 4.98 Å². The van der Waals surface area contributed by atoms with Crippen molar-refractivity contribution in [2.24, 2.45) is 0 Å². The first kappa shape index (κ1) is 11.5. The average Bonchev–Trinajstić information content (AvgIpc) is 2.50. The maximum absolute atomic E-state index is 11.1. The molecule has 0 fully saturated rings. The van der Waals surface area contributed by atoms with Gasteiger partial charge in [-0.15, -0.1) is 0 Å². The minimum Gasteiger partial charge on any atom is -0.329 e. The highest BCUT2D eigenvalue weighted by Crippen LogP contribution is 2.12. The highest BCUT2D eigenvalue weighted by atomic mass is 32.2. The number of fused-ring (bicyclic) bond motifs is 1. The van der Waals surface area contributed by atoms with Gasteiger partial charge in [0, 0.05) is 35.5 Å². The average molecular weight is 255 g/mol. The topological polar surface area (TPSA) is 50.7 Å². The highest BCUT2D eigenvalue weighted by molar-refractivity contribution is 7.84. The summed E-state index contributed by atoms with van der Waals surface area (Å²) in [5.74, 6) is 0.594. The maximum Gasteiger partial charge on any atom is 0.179 e. The molecule has 2 aromatic rings. The van der Waals surface area contributed by atoms with E-state index in [1.807, 2.05) is 23.8 Å². The van der Waals surface area contributed by atoms with Gasteiger partial charge in [0.15, 0.2) is 10.4 Å². The van der Waals surface area contributed by atoms with Crippen molar-refractivity contribution < 1.29 is 4.21 Å². The van der Waals surface area contributed by atoms with Crippen LogP contribution in [0.5, 0.6) is 0 Å². The lowest BCUT2D eigenvalue weighted by Crippen LogP contribution is -2.07. The number of hydrogen-bond donors (Lipinski definition) is 1. The lowest BCUT2D eigenvalue weighted by Gasteiger charge is -2.01. The van der Waals surface area contributed by atoms with Crippen LogP contribution in [-0.2, 0) is 17.3 Å². The summed E-state index contributed by atoms with van der Waals surface area (Å²) in [6, 6.07) is 2.01. The molecule has 0 aliphatic heterocycles. The molecule has 0 aliphatic carbocycles. The van der Waals surface area contributed by atoms with Crippen LogP contribution in [0.2, 0.25) is 0 Å². The zero-order valence-electron chi connectivity index (χ0n) is 9.19. The fourth-order valence-electron chi connectivity index (χ4n) is 1.58. The molecule has 0 spiro atoms. The molecule has 0 aliphatic rings. The van der Waals surface area contributed by atoms with E-state index in [0.29, 0.717) is 17.1 Å². The lowest BCUT2D eigenvalue weighted by molar-refractivity contribution is 0.678. The van der Waals surface area contributed by atoms with Crippen LogP contribution >= 0.6 is 12.2 Å². The van der Waals surface area contributed by atoms with Crippen LogP contribution in [0.3, 0.4) is 0 Å². The summed E-state index contributed by atoms with van der Waals surface area (Å²) in [6.07, 6.45) is 3.50. The molecule has 16 heavy (non-hydrogen) atoms. The molecular formula is C10H13N3OS2. The van der Waals surface area contributed by atoms with Gasteiger partial charge in [0.05, 0.1) is 5.52 Å². The van der Waals surface area contributed by atoms with Gasteiger partial charge in [0.1, 0.15) is 0 Å². The first-order chi connectivity index (χ1) is 7.58. The van der Waals surface area contributed by atoms with Crippen LogP contribution in [0.15, 0.2) is 12.3 Å². The number of imidazole rings is 1. The fourth-order valence-corrected chi connectivity index (χ4v) is 2.30. The van der Waals surface area contributed by atoms with Crippen molar-refractivity contribution >= 4 is 34.2 Å². The van der Waals surface area contributed by atoms with Crippen LogP contribution in [0, 0.1) is 11.7 Å². The number of hydrogen-bond acceptors (Lipinski definition) is 3. The SMILES string of the molecule is Cc1cnc2c(c1)[nH]c(=S)n2CCS(C)=O. The number of aromatic nitrogens is 3. The molecule has 0 saturated heterocycles. The lowest BCUT2D eigenvalue weighted by atomic mass is 10.3. The third kappa shape index (κ3) is 2.22. The van der Waals surface area contributed by atoms with Crippen LogP contribution in [0.25, 0.3) is 11.2 Å². The number of aromatic amines is 1. The van der Waals surface area contributed by atoms with Gasteiger partial charge in [-0.05, 0) is 30.8 Å². The summed E-state index contributed by atoms with van der Waals surface area (Å²) in [6.45, 7) is 2.62. The largest absolute Gasteiger partial charge is 0.329 e. The van der Waals surface area contributed by atoms with E-state index in [2.05, 4.69) is 9.97 Å². The predicted molar refractivity (Wildman–Crippen MR) is 68.6 cm³/mol. The maximum atomic E-state index is 11.1. The molecule has 0 aromatic carbocycles. The minimum absolute atomic E-state index is 0.594. The standard InChI is InChI=1S/C10H13N3OS2/c1-7-5-8-9(11-6-7)13(10(15)12-8)3-4-16(2)14/h5-6H,3-4H2,1-2H3,(H,12,15). The quantitative estimate of drug-likeness (QED) is 0.851. The number of nitrogens with one attached hydrogen (secondary N) is 1. The molecule has 6 heteroatoms. The van der Waals surface area contributed by atoms with E-state index in [9.17, 15) is 4.21 Å². The third-order valence-corrected chi connectivity index (χ3v) is 3.43. The number of pyridine rings is 1. The van der Waals surface area contributed by atoms with E-state index in [0.717, 1.165) is 16.7 Å². The first-order valence-corrected chi connectivity index (χ1v) is 7.06. The van der Waals surface area contributed by atoms with Gasteiger partial charge in [-0.1, -0.05) is 0 Å². The van der Waals surface area contributed by atoms with Crippen LogP contribution in [0.1, 0.15) is 5.56 Å². The summed E-state index contributed by atoms with van der Waals surface area (Å²) in [5.41, 5.74) is 2.86. The second kappa shape index (κ2) is 4.47. The van der Waals surface area contributed by atoms with Crippen molar-refractivity contribution in [1.29, 1.82) is 0 Å². The van der Waals surface area contributed by atoms with Gasteiger partial charge in [-0.3, -0.25) is 4.21 Å². The summed E-state index contributed by atoms with van der Waals surface area (Å²) in [4.78, 5) is 7.45. The van der Waals surface area contributed by atoms with E-state index in [1.54, 1.807) is 6.26 Å².